The molecule has 0 aromatic heterocycles. The minimum absolute atomic E-state index is 0.0213. The van der Waals surface area contributed by atoms with E-state index in [1.807, 2.05) is 0 Å². The fourth-order valence-corrected chi connectivity index (χ4v) is 4.81. The number of benzene rings is 3. The van der Waals surface area contributed by atoms with Gasteiger partial charge in [0.25, 0.3) is 15.9 Å². The van der Waals surface area contributed by atoms with Crippen molar-refractivity contribution in [1.29, 1.82) is 0 Å². The van der Waals surface area contributed by atoms with Gasteiger partial charge in [-0.05, 0) is 61.0 Å². The highest BCUT2D eigenvalue weighted by atomic mass is 32.2. The molecular formula is C26H26N2O8S. The smallest absolute Gasteiger partial charge is 0.338 e. The first-order valence-corrected chi connectivity index (χ1v) is 12.7. The van der Waals surface area contributed by atoms with Crippen LogP contribution in [0.1, 0.15) is 22.8 Å². The summed E-state index contributed by atoms with van der Waals surface area (Å²) in [7, 11) is -1.05. The molecule has 0 saturated carbocycles. The highest BCUT2D eigenvalue weighted by Gasteiger charge is 2.25. The van der Waals surface area contributed by atoms with Crippen LogP contribution in [0.3, 0.4) is 0 Å². The topological polar surface area (TPSA) is 120 Å². The Morgan fingerprint density at radius 1 is 1.03 bits per heavy atom. The molecule has 1 atom stereocenters. The molecular weight excluding hydrogens is 500 g/mol. The summed E-state index contributed by atoms with van der Waals surface area (Å²) in [6.45, 7) is 1.82. The lowest BCUT2D eigenvalue weighted by Gasteiger charge is -2.21. The Morgan fingerprint density at radius 2 is 1.73 bits per heavy atom. The van der Waals surface area contributed by atoms with Gasteiger partial charge >= 0.3 is 5.97 Å². The Balaban J connectivity index is 1.36. The van der Waals surface area contributed by atoms with Gasteiger partial charge in [-0.3, -0.25) is 9.10 Å². The van der Waals surface area contributed by atoms with E-state index in [2.05, 4.69) is 5.32 Å². The van der Waals surface area contributed by atoms with Crippen LogP contribution in [0, 0.1) is 0 Å². The number of ether oxygens (including phenoxy) is 4. The van der Waals surface area contributed by atoms with Crippen LogP contribution in [0.15, 0.2) is 71.6 Å². The van der Waals surface area contributed by atoms with Crippen LogP contribution in [-0.2, 0) is 26.1 Å². The van der Waals surface area contributed by atoms with Crippen LogP contribution in [0.25, 0.3) is 0 Å². The molecule has 3 aromatic carbocycles. The molecule has 0 fully saturated rings. The zero-order valence-electron chi connectivity index (χ0n) is 20.5. The van der Waals surface area contributed by atoms with Gasteiger partial charge in [-0.2, -0.15) is 0 Å². The molecule has 0 unspecified atom stereocenters. The van der Waals surface area contributed by atoms with Gasteiger partial charge in [0.1, 0.15) is 5.75 Å². The van der Waals surface area contributed by atoms with Crippen molar-refractivity contribution >= 4 is 27.6 Å². The van der Waals surface area contributed by atoms with Crippen molar-refractivity contribution in [3.05, 3.63) is 77.9 Å². The number of amides is 1. The third-order valence-electron chi connectivity index (χ3n) is 5.73. The van der Waals surface area contributed by atoms with Crippen LogP contribution in [0.4, 0.5) is 5.69 Å². The van der Waals surface area contributed by atoms with E-state index in [4.69, 9.17) is 18.9 Å². The Labute approximate surface area is 214 Å². The molecule has 1 amide bonds. The molecule has 11 heteroatoms. The Bertz CT molecular complexity index is 1410. The Morgan fingerprint density at radius 3 is 2.46 bits per heavy atom. The monoisotopic (exact) mass is 526 g/mol. The molecule has 10 nitrogen and oxygen atoms in total. The maximum absolute atomic E-state index is 13.1. The molecule has 0 aliphatic carbocycles. The average molecular weight is 527 g/mol. The van der Waals surface area contributed by atoms with E-state index < -0.39 is 28.0 Å². The summed E-state index contributed by atoms with van der Waals surface area (Å²) in [5, 5.41) is 2.71. The molecule has 4 rings (SSSR count). The number of rotatable bonds is 9. The summed E-state index contributed by atoms with van der Waals surface area (Å²) >= 11 is 0. The third-order valence-corrected chi connectivity index (χ3v) is 7.52. The van der Waals surface area contributed by atoms with E-state index >= 15 is 0 Å². The Kier molecular flexibility index (Phi) is 7.53. The zero-order chi connectivity index (χ0) is 26.6. The minimum Gasteiger partial charge on any atom is -0.495 e. The lowest BCUT2D eigenvalue weighted by atomic mass is 10.2. The normalized spacial score (nSPS) is 12.9. The second kappa shape index (κ2) is 10.8. The summed E-state index contributed by atoms with van der Waals surface area (Å²) in [6, 6.07) is 17.3. The van der Waals surface area contributed by atoms with E-state index in [0.717, 1.165) is 9.87 Å². The molecule has 0 spiro atoms. The van der Waals surface area contributed by atoms with Gasteiger partial charge < -0.3 is 24.3 Å². The summed E-state index contributed by atoms with van der Waals surface area (Å²) in [5.74, 6) is 0.407. The zero-order valence-corrected chi connectivity index (χ0v) is 21.3. The number of carbonyl (C=O) groups is 2. The highest BCUT2D eigenvalue weighted by molar-refractivity contribution is 7.92. The molecule has 37 heavy (non-hydrogen) atoms. The molecule has 1 aliphatic heterocycles. The summed E-state index contributed by atoms with van der Waals surface area (Å²) in [5.41, 5.74) is 1.27. The predicted octanol–water partition coefficient (Wildman–Crippen LogP) is 3.11. The van der Waals surface area contributed by atoms with Gasteiger partial charge in [-0.1, -0.05) is 18.2 Å². The lowest BCUT2D eigenvalue weighted by Crippen LogP contribution is -2.35. The van der Waals surface area contributed by atoms with Crippen molar-refractivity contribution < 1.29 is 37.0 Å². The van der Waals surface area contributed by atoms with Gasteiger partial charge in [0.2, 0.25) is 6.79 Å². The van der Waals surface area contributed by atoms with Crippen LogP contribution in [0.2, 0.25) is 0 Å². The molecule has 3 aromatic rings. The number of hydrogen-bond donors (Lipinski definition) is 1. The molecule has 0 radical (unpaired) electrons. The fraction of sp³-hybridized carbons (Fsp3) is 0.231. The molecule has 0 bridgehead atoms. The van der Waals surface area contributed by atoms with E-state index in [9.17, 15) is 18.0 Å². The minimum atomic E-state index is -3.92. The maximum atomic E-state index is 13.1. The number of fused-ring (bicyclic) bond motifs is 1. The predicted molar refractivity (Wildman–Crippen MR) is 134 cm³/mol. The molecule has 1 N–H and O–H groups in total. The number of nitrogens with one attached hydrogen (secondary N) is 1. The van der Waals surface area contributed by atoms with Crippen molar-refractivity contribution in [1.82, 2.24) is 5.32 Å². The van der Waals surface area contributed by atoms with Crippen LogP contribution in [-0.4, -0.2) is 47.3 Å². The van der Waals surface area contributed by atoms with Gasteiger partial charge in [0, 0.05) is 13.6 Å². The van der Waals surface area contributed by atoms with Gasteiger partial charge in [-0.15, -0.1) is 0 Å². The summed E-state index contributed by atoms with van der Waals surface area (Å²) in [4.78, 5) is 25.0. The van der Waals surface area contributed by atoms with E-state index in [1.54, 1.807) is 42.5 Å². The number of sulfonamides is 1. The summed E-state index contributed by atoms with van der Waals surface area (Å²) in [6.07, 6.45) is -1.07. The number of anilines is 1. The quantitative estimate of drug-likeness (QED) is 0.423. The maximum Gasteiger partial charge on any atom is 0.338 e. The van der Waals surface area contributed by atoms with Crippen molar-refractivity contribution in [3.8, 4) is 17.2 Å². The number of para-hydroxylation sites is 2. The van der Waals surface area contributed by atoms with Crippen molar-refractivity contribution in [2.45, 2.75) is 24.5 Å². The van der Waals surface area contributed by atoms with E-state index in [-0.39, 0.29) is 23.8 Å². The van der Waals surface area contributed by atoms with Crippen molar-refractivity contribution in [3.63, 3.8) is 0 Å². The number of nitrogens with zero attached hydrogens (tertiary/aromatic N) is 1. The van der Waals surface area contributed by atoms with Crippen molar-refractivity contribution in [2.24, 2.45) is 0 Å². The third kappa shape index (κ3) is 5.61. The average Bonchev–Trinajstić information content (AvgIpc) is 3.39. The fourth-order valence-electron chi connectivity index (χ4n) is 3.61. The summed E-state index contributed by atoms with van der Waals surface area (Å²) < 4.78 is 48.4. The first-order chi connectivity index (χ1) is 17.7. The number of carbonyl (C=O) groups excluding carboxylic acids is 2. The lowest BCUT2D eigenvalue weighted by molar-refractivity contribution is -0.129. The number of esters is 1. The SMILES string of the molecule is COc1ccccc1N(C)S(=O)(=O)c1ccc(C(=O)O[C@H](C)C(=O)NCc2ccc3c(c2)OCO3)cc1. The van der Waals surface area contributed by atoms with Crippen LogP contribution in [0.5, 0.6) is 17.2 Å². The Hall–Kier alpha value is -4.25. The molecule has 1 heterocycles. The number of methoxy groups -OCH3 is 1. The first-order valence-electron chi connectivity index (χ1n) is 11.3. The van der Waals surface area contributed by atoms with Gasteiger partial charge in [-0.25, -0.2) is 13.2 Å². The standard InChI is InChI=1S/C26H26N2O8S/c1-17(25(29)27-15-18-8-13-23-24(14-18)35-16-34-23)36-26(30)19-9-11-20(12-10-19)37(31,32)28(2)21-6-4-5-7-22(21)33-3/h4-14,17H,15-16H2,1-3H3,(H,27,29)/t17-/m1/s1. The highest BCUT2D eigenvalue weighted by Crippen LogP contribution is 2.33. The second-order valence-corrected chi connectivity index (χ2v) is 10.1. The van der Waals surface area contributed by atoms with E-state index in [1.165, 1.54) is 45.3 Å². The van der Waals surface area contributed by atoms with Crippen LogP contribution < -0.4 is 23.8 Å². The van der Waals surface area contributed by atoms with E-state index in [0.29, 0.717) is 22.9 Å². The first kappa shape index (κ1) is 25.8. The number of hydrogen-bond acceptors (Lipinski definition) is 8. The van der Waals surface area contributed by atoms with Gasteiger partial charge in [0.15, 0.2) is 17.6 Å². The van der Waals surface area contributed by atoms with Gasteiger partial charge in [0.05, 0.1) is 23.3 Å². The molecule has 0 saturated heterocycles. The second-order valence-electron chi connectivity index (χ2n) is 8.12. The van der Waals surface area contributed by atoms with Crippen LogP contribution >= 0.6 is 0 Å². The molecule has 1 aliphatic rings. The molecule has 194 valence electrons. The largest absolute Gasteiger partial charge is 0.495 e. The van der Waals surface area contributed by atoms with Crippen molar-refractivity contribution in [2.75, 3.05) is 25.3 Å².